The summed E-state index contributed by atoms with van der Waals surface area (Å²) in [7, 11) is 0. The molecule has 1 amide bonds. The summed E-state index contributed by atoms with van der Waals surface area (Å²) in [6, 6.07) is 11.2. The van der Waals surface area contributed by atoms with Crippen LogP contribution < -0.4 is 20.9 Å². The van der Waals surface area contributed by atoms with Crippen molar-refractivity contribution in [2.45, 2.75) is 19.6 Å². The Bertz CT molecular complexity index is 674. The van der Waals surface area contributed by atoms with Crippen LogP contribution in [0.15, 0.2) is 42.6 Å². The van der Waals surface area contributed by atoms with Crippen LogP contribution in [0.2, 0.25) is 0 Å². The predicted octanol–water partition coefficient (Wildman–Crippen LogP) is 1.68. The molecule has 0 saturated carbocycles. The minimum atomic E-state index is -0.508. The maximum Gasteiger partial charge on any atom is 0.268 e. The van der Waals surface area contributed by atoms with Crippen molar-refractivity contribution in [3.63, 3.8) is 0 Å². The first kappa shape index (κ1) is 13.4. The lowest BCUT2D eigenvalue weighted by Crippen LogP contribution is -2.44. The second kappa shape index (κ2) is 5.41. The van der Waals surface area contributed by atoms with Crippen LogP contribution in [0, 0.1) is 0 Å². The topological polar surface area (TPSA) is 80.5 Å². The molecule has 1 atom stereocenters. The Morgan fingerprint density at radius 3 is 2.95 bits per heavy atom. The molecule has 3 N–H and O–H groups in total. The van der Waals surface area contributed by atoms with Gasteiger partial charge in [0.25, 0.3) is 5.91 Å². The summed E-state index contributed by atoms with van der Waals surface area (Å²) in [4.78, 5) is 18.3. The molecule has 0 saturated heterocycles. The van der Waals surface area contributed by atoms with Gasteiger partial charge in [0.1, 0.15) is 11.6 Å². The van der Waals surface area contributed by atoms with Gasteiger partial charge in [-0.25, -0.2) is 10.8 Å². The van der Waals surface area contributed by atoms with E-state index in [4.69, 9.17) is 10.6 Å². The number of hydrogen-bond donors (Lipinski definition) is 2. The molecular weight excluding hydrogens is 268 g/mol. The number of rotatable bonds is 3. The van der Waals surface area contributed by atoms with E-state index in [1.54, 1.807) is 18.0 Å². The third-order valence-corrected chi connectivity index (χ3v) is 3.43. The standard InChI is InChI=1S/C15H16N4O2/c1-10-15(20)19(12-6-2-3-7-13(12)21-10)9-11-5-4-8-17-14(11)18-16/h2-8,10H,9,16H2,1H3,(H,17,18). The number of carbonyl (C=O) groups is 1. The first-order chi connectivity index (χ1) is 10.2. The number of carbonyl (C=O) groups excluding carboxylic acids is 1. The molecular formula is C15H16N4O2. The number of aromatic nitrogens is 1. The molecule has 1 aliphatic heterocycles. The fraction of sp³-hybridized carbons (Fsp3) is 0.200. The van der Waals surface area contributed by atoms with E-state index in [0.29, 0.717) is 18.1 Å². The molecule has 6 nitrogen and oxygen atoms in total. The van der Waals surface area contributed by atoms with Gasteiger partial charge in [0.05, 0.1) is 12.2 Å². The van der Waals surface area contributed by atoms with Gasteiger partial charge in [-0.15, -0.1) is 0 Å². The summed E-state index contributed by atoms with van der Waals surface area (Å²) in [6.07, 6.45) is 1.14. The van der Waals surface area contributed by atoms with Crippen molar-refractivity contribution in [1.82, 2.24) is 4.98 Å². The molecule has 108 valence electrons. The molecule has 1 aromatic heterocycles. The van der Waals surface area contributed by atoms with Crippen molar-refractivity contribution in [2.24, 2.45) is 5.84 Å². The number of benzene rings is 1. The monoisotopic (exact) mass is 284 g/mol. The average Bonchev–Trinajstić information content (AvgIpc) is 2.52. The summed E-state index contributed by atoms with van der Waals surface area (Å²) in [5.41, 5.74) is 4.16. The van der Waals surface area contributed by atoms with Crippen LogP contribution in [0.4, 0.5) is 11.5 Å². The Labute approximate surface area is 122 Å². The van der Waals surface area contributed by atoms with Gasteiger partial charge >= 0.3 is 0 Å². The molecule has 1 aliphatic rings. The van der Waals surface area contributed by atoms with E-state index in [2.05, 4.69) is 10.4 Å². The maximum atomic E-state index is 12.4. The normalized spacial score (nSPS) is 17.1. The first-order valence-corrected chi connectivity index (χ1v) is 6.68. The summed E-state index contributed by atoms with van der Waals surface area (Å²) in [5.74, 6) is 6.65. The van der Waals surface area contributed by atoms with Crippen LogP contribution in [-0.4, -0.2) is 17.0 Å². The quantitative estimate of drug-likeness (QED) is 0.662. The van der Waals surface area contributed by atoms with Crippen molar-refractivity contribution in [1.29, 1.82) is 0 Å². The number of hydrogen-bond acceptors (Lipinski definition) is 5. The summed E-state index contributed by atoms with van der Waals surface area (Å²) in [5, 5.41) is 0. The van der Waals surface area contributed by atoms with E-state index in [1.165, 1.54) is 0 Å². The van der Waals surface area contributed by atoms with E-state index in [-0.39, 0.29) is 5.91 Å². The van der Waals surface area contributed by atoms with Crippen LogP contribution in [-0.2, 0) is 11.3 Å². The van der Waals surface area contributed by atoms with Crippen LogP contribution in [0.3, 0.4) is 0 Å². The van der Waals surface area contributed by atoms with E-state index in [9.17, 15) is 4.79 Å². The number of para-hydroxylation sites is 2. The molecule has 1 aromatic carbocycles. The molecule has 0 bridgehead atoms. The highest BCUT2D eigenvalue weighted by Gasteiger charge is 2.31. The number of nitrogen functional groups attached to an aromatic ring is 1. The average molecular weight is 284 g/mol. The Morgan fingerprint density at radius 2 is 2.14 bits per heavy atom. The Morgan fingerprint density at radius 1 is 1.33 bits per heavy atom. The van der Waals surface area contributed by atoms with E-state index in [0.717, 1.165) is 11.3 Å². The minimum absolute atomic E-state index is 0.0828. The number of anilines is 2. The molecule has 3 rings (SSSR count). The van der Waals surface area contributed by atoms with Crippen molar-refractivity contribution < 1.29 is 9.53 Å². The lowest BCUT2D eigenvalue weighted by molar-refractivity contribution is -0.125. The number of hydrazine groups is 1. The van der Waals surface area contributed by atoms with Gasteiger partial charge in [0, 0.05) is 11.8 Å². The third-order valence-electron chi connectivity index (χ3n) is 3.43. The van der Waals surface area contributed by atoms with Gasteiger partial charge in [-0.05, 0) is 25.1 Å². The summed E-state index contributed by atoms with van der Waals surface area (Å²) >= 11 is 0. The molecule has 21 heavy (non-hydrogen) atoms. The van der Waals surface area contributed by atoms with Gasteiger partial charge in [0.2, 0.25) is 0 Å². The van der Waals surface area contributed by atoms with Crippen molar-refractivity contribution >= 4 is 17.4 Å². The van der Waals surface area contributed by atoms with Gasteiger partial charge in [-0.1, -0.05) is 18.2 Å². The Balaban J connectivity index is 1.99. The van der Waals surface area contributed by atoms with Crippen molar-refractivity contribution in [3.05, 3.63) is 48.2 Å². The van der Waals surface area contributed by atoms with Crippen molar-refractivity contribution in [2.75, 3.05) is 10.3 Å². The zero-order chi connectivity index (χ0) is 14.8. The maximum absolute atomic E-state index is 12.4. The van der Waals surface area contributed by atoms with E-state index in [1.807, 2.05) is 36.4 Å². The number of ether oxygens (including phenoxy) is 1. The van der Waals surface area contributed by atoms with Gasteiger partial charge < -0.3 is 15.1 Å². The molecule has 1 unspecified atom stereocenters. The fourth-order valence-corrected chi connectivity index (χ4v) is 2.39. The number of amides is 1. The third kappa shape index (κ3) is 2.41. The van der Waals surface area contributed by atoms with Gasteiger partial charge in [0.15, 0.2) is 6.10 Å². The Kier molecular flexibility index (Phi) is 3.45. The fourth-order valence-electron chi connectivity index (χ4n) is 2.39. The first-order valence-electron chi connectivity index (χ1n) is 6.68. The second-order valence-electron chi connectivity index (χ2n) is 4.81. The largest absolute Gasteiger partial charge is 0.479 e. The molecule has 6 heteroatoms. The minimum Gasteiger partial charge on any atom is -0.479 e. The lowest BCUT2D eigenvalue weighted by atomic mass is 10.1. The van der Waals surface area contributed by atoms with Crippen LogP contribution in [0.5, 0.6) is 5.75 Å². The summed E-state index contributed by atoms with van der Waals surface area (Å²) < 4.78 is 5.62. The lowest BCUT2D eigenvalue weighted by Gasteiger charge is -2.33. The number of nitrogens with two attached hydrogens (primary N) is 1. The molecule has 2 aromatic rings. The van der Waals surface area contributed by atoms with Crippen LogP contribution >= 0.6 is 0 Å². The highest BCUT2D eigenvalue weighted by molar-refractivity contribution is 5.99. The molecule has 0 radical (unpaired) electrons. The van der Waals surface area contributed by atoms with Gasteiger partial charge in [-0.2, -0.15) is 0 Å². The van der Waals surface area contributed by atoms with Crippen molar-refractivity contribution in [3.8, 4) is 5.75 Å². The molecule has 0 spiro atoms. The molecule has 2 heterocycles. The number of fused-ring (bicyclic) bond motifs is 1. The van der Waals surface area contributed by atoms with Gasteiger partial charge in [-0.3, -0.25) is 4.79 Å². The molecule has 0 aliphatic carbocycles. The zero-order valence-electron chi connectivity index (χ0n) is 11.6. The highest BCUT2D eigenvalue weighted by Crippen LogP contribution is 2.35. The smallest absolute Gasteiger partial charge is 0.268 e. The highest BCUT2D eigenvalue weighted by atomic mass is 16.5. The van der Waals surface area contributed by atoms with Crippen LogP contribution in [0.25, 0.3) is 0 Å². The summed E-state index contributed by atoms with van der Waals surface area (Å²) in [6.45, 7) is 2.13. The predicted molar refractivity (Wildman–Crippen MR) is 79.8 cm³/mol. The Hall–Kier alpha value is -2.60. The second-order valence-corrected chi connectivity index (χ2v) is 4.81. The number of nitrogens with zero attached hydrogens (tertiary/aromatic N) is 2. The zero-order valence-corrected chi connectivity index (χ0v) is 11.6. The van der Waals surface area contributed by atoms with E-state index < -0.39 is 6.10 Å². The van der Waals surface area contributed by atoms with E-state index >= 15 is 0 Å². The SMILES string of the molecule is CC1Oc2ccccc2N(Cc2cccnc2NN)C1=O. The van der Waals surface area contributed by atoms with Crippen LogP contribution in [0.1, 0.15) is 12.5 Å². The molecule has 0 fully saturated rings. The number of pyridine rings is 1. The number of nitrogens with one attached hydrogen (secondary N) is 1.